The maximum absolute atomic E-state index is 12.6. The molecule has 1 unspecified atom stereocenters. The number of carbonyl (C=O) groups excluding carboxylic acids is 2. The Morgan fingerprint density at radius 3 is 2.36 bits per heavy atom. The van der Waals surface area contributed by atoms with Crippen molar-refractivity contribution in [1.82, 2.24) is 9.80 Å². The Morgan fingerprint density at radius 2 is 1.80 bits per heavy atom. The first-order valence-electron chi connectivity index (χ1n) is 8.86. The van der Waals surface area contributed by atoms with Gasteiger partial charge in [0, 0.05) is 37.1 Å². The van der Waals surface area contributed by atoms with Gasteiger partial charge in [0.05, 0.1) is 11.7 Å². The first kappa shape index (κ1) is 19.9. The van der Waals surface area contributed by atoms with E-state index in [4.69, 9.17) is 0 Å². The van der Waals surface area contributed by atoms with Gasteiger partial charge in [-0.1, -0.05) is 19.9 Å². The molecule has 2 rings (SSSR count). The minimum atomic E-state index is -0.226. The van der Waals surface area contributed by atoms with E-state index in [1.54, 1.807) is 0 Å². The van der Waals surface area contributed by atoms with Crippen molar-refractivity contribution in [3.8, 4) is 0 Å². The molecule has 0 spiro atoms. The first-order chi connectivity index (χ1) is 11.8. The lowest BCUT2D eigenvalue weighted by Gasteiger charge is -2.37. The van der Waals surface area contributed by atoms with E-state index in [-0.39, 0.29) is 17.9 Å². The van der Waals surface area contributed by atoms with Crippen molar-refractivity contribution >= 4 is 33.4 Å². The molecule has 1 aromatic carbocycles. The number of benzene rings is 1. The standard InChI is InChI=1S/C19H28BrN3O2/c1-13(2)11-18(24)23-9-7-22(8-10-23)15(4)19(25)21-17-6-5-14(3)12-16(17)20/h5-6,12-13,15H,7-11H2,1-4H3,(H,21,25). The average Bonchev–Trinajstić information content (AvgIpc) is 2.56. The number of hydrogen-bond acceptors (Lipinski definition) is 3. The smallest absolute Gasteiger partial charge is 0.241 e. The molecule has 1 fully saturated rings. The summed E-state index contributed by atoms with van der Waals surface area (Å²) in [4.78, 5) is 28.8. The molecule has 6 heteroatoms. The van der Waals surface area contributed by atoms with Gasteiger partial charge in [-0.25, -0.2) is 0 Å². The number of rotatable bonds is 5. The fraction of sp³-hybridized carbons (Fsp3) is 0.579. The van der Waals surface area contributed by atoms with Crippen LogP contribution in [0.3, 0.4) is 0 Å². The van der Waals surface area contributed by atoms with Gasteiger partial charge in [0.25, 0.3) is 0 Å². The predicted molar refractivity (Wildman–Crippen MR) is 105 cm³/mol. The highest BCUT2D eigenvalue weighted by atomic mass is 79.9. The molecule has 5 nitrogen and oxygen atoms in total. The van der Waals surface area contributed by atoms with Gasteiger partial charge in [0.15, 0.2) is 0 Å². The number of halogens is 1. The normalized spacial score (nSPS) is 16.8. The fourth-order valence-corrected chi connectivity index (χ4v) is 3.55. The third-order valence-electron chi connectivity index (χ3n) is 4.56. The Kier molecular flexibility index (Phi) is 7.02. The summed E-state index contributed by atoms with van der Waals surface area (Å²) < 4.78 is 0.886. The molecule has 0 bridgehead atoms. The average molecular weight is 410 g/mol. The van der Waals surface area contributed by atoms with Crippen LogP contribution in [0.2, 0.25) is 0 Å². The predicted octanol–water partition coefficient (Wildman–Crippen LogP) is 3.27. The van der Waals surface area contributed by atoms with Crippen molar-refractivity contribution in [2.75, 3.05) is 31.5 Å². The van der Waals surface area contributed by atoms with E-state index >= 15 is 0 Å². The van der Waals surface area contributed by atoms with E-state index in [9.17, 15) is 9.59 Å². The fourth-order valence-electron chi connectivity index (χ4n) is 2.96. The zero-order chi connectivity index (χ0) is 18.6. The maximum Gasteiger partial charge on any atom is 0.241 e. The molecule has 1 N–H and O–H groups in total. The molecule has 0 saturated carbocycles. The van der Waals surface area contributed by atoms with Crippen LogP contribution >= 0.6 is 15.9 Å². The number of carbonyl (C=O) groups is 2. The minimum absolute atomic E-state index is 0.0217. The van der Waals surface area contributed by atoms with E-state index in [0.29, 0.717) is 25.4 Å². The second-order valence-corrected chi connectivity index (χ2v) is 8.02. The number of hydrogen-bond donors (Lipinski definition) is 1. The quantitative estimate of drug-likeness (QED) is 0.811. The van der Waals surface area contributed by atoms with Gasteiger partial charge >= 0.3 is 0 Å². The minimum Gasteiger partial charge on any atom is -0.340 e. The van der Waals surface area contributed by atoms with Gasteiger partial charge in [-0.15, -0.1) is 0 Å². The molecule has 1 aliphatic rings. The second-order valence-electron chi connectivity index (χ2n) is 7.16. The Morgan fingerprint density at radius 1 is 1.16 bits per heavy atom. The molecule has 2 amide bonds. The van der Waals surface area contributed by atoms with Gasteiger partial charge in [0.2, 0.25) is 11.8 Å². The summed E-state index contributed by atoms with van der Waals surface area (Å²) in [6, 6.07) is 5.64. The lowest BCUT2D eigenvalue weighted by Crippen LogP contribution is -2.54. The van der Waals surface area contributed by atoms with Crippen molar-refractivity contribution in [2.45, 2.75) is 40.2 Å². The van der Waals surface area contributed by atoms with Gasteiger partial charge in [0.1, 0.15) is 0 Å². The molecule has 0 aliphatic carbocycles. The highest BCUT2D eigenvalue weighted by Crippen LogP contribution is 2.24. The summed E-state index contributed by atoms with van der Waals surface area (Å²) in [5.41, 5.74) is 1.92. The molecule has 1 heterocycles. The molecule has 138 valence electrons. The van der Waals surface area contributed by atoms with Crippen molar-refractivity contribution in [1.29, 1.82) is 0 Å². The van der Waals surface area contributed by atoms with Crippen molar-refractivity contribution < 1.29 is 9.59 Å². The Bertz CT molecular complexity index is 625. The molecular weight excluding hydrogens is 382 g/mol. The summed E-state index contributed by atoms with van der Waals surface area (Å²) in [7, 11) is 0. The Labute approximate surface area is 158 Å². The van der Waals surface area contributed by atoms with Gasteiger partial charge in [-0.2, -0.15) is 0 Å². The van der Waals surface area contributed by atoms with Gasteiger partial charge in [-0.3, -0.25) is 14.5 Å². The monoisotopic (exact) mass is 409 g/mol. The molecule has 1 atom stereocenters. The lowest BCUT2D eigenvalue weighted by atomic mass is 10.1. The lowest BCUT2D eigenvalue weighted by molar-refractivity contribution is -0.134. The molecule has 0 aromatic heterocycles. The summed E-state index contributed by atoms with van der Waals surface area (Å²) in [6.45, 7) is 10.9. The zero-order valence-electron chi connectivity index (χ0n) is 15.5. The van der Waals surface area contributed by atoms with Crippen molar-refractivity contribution in [2.24, 2.45) is 5.92 Å². The number of amides is 2. The summed E-state index contributed by atoms with van der Waals surface area (Å²) >= 11 is 3.49. The van der Waals surface area contributed by atoms with Crippen LogP contribution in [0.25, 0.3) is 0 Å². The van der Waals surface area contributed by atoms with Gasteiger partial charge in [-0.05, 0) is 53.4 Å². The number of piperazine rings is 1. The van der Waals surface area contributed by atoms with Gasteiger partial charge < -0.3 is 10.2 Å². The summed E-state index contributed by atoms with van der Waals surface area (Å²) in [5.74, 6) is 0.574. The zero-order valence-corrected chi connectivity index (χ0v) is 17.1. The number of aryl methyl sites for hydroxylation is 1. The van der Waals surface area contributed by atoms with Crippen LogP contribution in [-0.2, 0) is 9.59 Å². The molecule has 1 saturated heterocycles. The maximum atomic E-state index is 12.6. The second kappa shape index (κ2) is 8.81. The molecule has 1 aromatic rings. The van der Waals surface area contributed by atoms with Crippen LogP contribution in [0.1, 0.15) is 32.8 Å². The SMILES string of the molecule is Cc1ccc(NC(=O)C(C)N2CCN(C(=O)CC(C)C)CC2)c(Br)c1. The van der Waals surface area contributed by atoms with Crippen LogP contribution in [0.4, 0.5) is 5.69 Å². The highest BCUT2D eigenvalue weighted by molar-refractivity contribution is 9.10. The van der Waals surface area contributed by atoms with Crippen LogP contribution in [0.15, 0.2) is 22.7 Å². The van der Waals surface area contributed by atoms with Crippen LogP contribution in [-0.4, -0.2) is 53.8 Å². The molecule has 25 heavy (non-hydrogen) atoms. The molecule has 0 radical (unpaired) electrons. The van der Waals surface area contributed by atoms with E-state index < -0.39 is 0 Å². The largest absolute Gasteiger partial charge is 0.340 e. The summed E-state index contributed by atoms with van der Waals surface area (Å²) in [6.07, 6.45) is 0.595. The Balaban J connectivity index is 1.88. The number of nitrogens with zero attached hydrogens (tertiary/aromatic N) is 2. The third kappa shape index (κ3) is 5.54. The number of anilines is 1. The first-order valence-corrected chi connectivity index (χ1v) is 9.66. The van der Waals surface area contributed by atoms with Crippen LogP contribution in [0.5, 0.6) is 0 Å². The van der Waals surface area contributed by atoms with E-state index in [0.717, 1.165) is 28.8 Å². The van der Waals surface area contributed by atoms with E-state index in [1.165, 1.54) is 0 Å². The highest BCUT2D eigenvalue weighted by Gasteiger charge is 2.27. The summed E-state index contributed by atoms with van der Waals surface area (Å²) in [5, 5.41) is 2.99. The van der Waals surface area contributed by atoms with Crippen molar-refractivity contribution in [3.05, 3.63) is 28.2 Å². The third-order valence-corrected chi connectivity index (χ3v) is 5.22. The molecular formula is C19H28BrN3O2. The Hall–Kier alpha value is -1.40. The van der Waals surface area contributed by atoms with E-state index in [2.05, 4.69) is 40.0 Å². The van der Waals surface area contributed by atoms with Crippen molar-refractivity contribution in [3.63, 3.8) is 0 Å². The van der Waals surface area contributed by atoms with Crippen LogP contribution in [0, 0.1) is 12.8 Å². The molecule has 1 aliphatic heterocycles. The van der Waals surface area contributed by atoms with E-state index in [1.807, 2.05) is 36.9 Å². The number of nitrogens with one attached hydrogen (secondary N) is 1. The van der Waals surface area contributed by atoms with Crippen LogP contribution < -0.4 is 5.32 Å². The topological polar surface area (TPSA) is 52.7 Å².